The van der Waals surface area contributed by atoms with Gasteiger partial charge in [0.05, 0.1) is 12.6 Å². The van der Waals surface area contributed by atoms with Gasteiger partial charge in [0.25, 0.3) is 17.2 Å². The molecule has 2 bridgehead atoms. The Hall–Kier alpha value is -3.27. The summed E-state index contributed by atoms with van der Waals surface area (Å²) in [6, 6.07) is 7.97. The zero-order valence-electron chi connectivity index (χ0n) is 16.2. The molecule has 10 heteroatoms. The Morgan fingerprint density at radius 3 is 2.47 bits per heavy atom. The third kappa shape index (κ3) is 1.85. The number of ether oxygens (including phenoxy) is 3. The van der Waals surface area contributed by atoms with E-state index in [2.05, 4.69) is 0 Å². The summed E-state index contributed by atoms with van der Waals surface area (Å²) in [5.41, 5.74) is -3.98. The van der Waals surface area contributed by atoms with E-state index in [1.54, 1.807) is 30.3 Å². The molecule has 4 heterocycles. The van der Waals surface area contributed by atoms with Crippen LogP contribution < -0.4 is 0 Å². The molecular formula is C20H18N2O8. The van der Waals surface area contributed by atoms with Crippen LogP contribution in [0.2, 0.25) is 0 Å². The fraction of sp³-hybridized carbons (Fsp3) is 0.450. The number of rotatable bonds is 3. The van der Waals surface area contributed by atoms with Gasteiger partial charge in [0.2, 0.25) is 11.8 Å². The molecule has 1 spiro atoms. The Bertz CT molecular complexity index is 1010. The number of fused-ring (bicyclic) bond motifs is 3. The number of piperidine rings is 1. The predicted molar refractivity (Wildman–Crippen MR) is 94.9 cm³/mol. The number of imide groups is 1. The zero-order chi connectivity index (χ0) is 21.4. The number of carbonyl (C=O) groups is 5. The number of hydrogen-bond donors (Lipinski definition) is 0. The second-order valence-corrected chi connectivity index (χ2v) is 7.65. The summed E-state index contributed by atoms with van der Waals surface area (Å²) in [7, 11) is 1.25. The number of carbonyl (C=O) groups excluding carboxylic acids is 5. The summed E-state index contributed by atoms with van der Waals surface area (Å²) in [5, 5.41) is 0. The van der Waals surface area contributed by atoms with Gasteiger partial charge in [0.1, 0.15) is 18.4 Å². The highest BCUT2D eigenvalue weighted by Gasteiger charge is 2.89. The van der Waals surface area contributed by atoms with Crippen molar-refractivity contribution in [2.24, 2.45) is 11.8 Å². The van der Waals surface area contributed by atoms with Gasteiger partial charge in [-0.05, 0) is 12.5 Å². The third-order valence-electron chi connectivity index (χ3n) is 6.34. The maximum atomic E-state index is 13.7. The van der Waals surface area contributed by atoms with Crippen LogP contribution in [0.3, 0.4) is 0 Å². The number of amides is 3. The van der Waals surface area contributed by atoms with E-state index in [9.17, 15) is 24.0 Å². The van der Waals surface area contributed by atoms with Crippen molar-refractivity contribution in [2.75, 3.05) is 20.3 Å². The van der Waals surface area contributed by atoms with Crippen molar-refractivity contribution in [3.8, 4) is 0 Å². The summed E-state index contributed by atoms with van der Waals surface area (Å²) in [6.07, 6.45) is 0. The van der Waals surface area contributed by atoms with E-state index in [4.69, 9.17) is 14.2 Å². The van der Waals surface area contributed by atoms with Crippen LogP contribution in [-0.2, 0) is 38.2 Å². The largest absolute Gasteiger partial charge is 0.463 e. The highest BCUT2D eigenvalue weighted by atomic mass is 16.7. The van der Waals surface area contributed by atoms with E-state index < -0.39 is 58.9 Å². The van der Waals surface area contributed by atoms with E-state index in [1.165, 1.54) is 14.0 Å². The molecule has 4 aliphatic rings. The smallest absolute Gasteiger partial charge is 0.361 e. The van der Waals surface area contributed by atoms with Gasteiger partial charge < -0.3 is 14.2 Å². The van der Waals surface area contributed by atoms with E-state index in [-0.39, 0.29) is 13.2 Å². The lowest BCUT2D eigenvalue weighted by atomic mass is 9.72. The molecule has 0 saturated carbocycles. The van der Waals surface area contributed by atoms with Gasteiger partial charge in [0.15, 0.2) is 0 Å². The lowest BCUT2D eigenvalue weighted by Crippen LogP contribution is -2.68. The molecular weight excluding hydrogens is 396 g/mol. The van der Waals surface area contributed by atoms with E-state index >= 15 is 0 Å². The lowest BCUT2D eigenvalue weighted by molar-refractivity contribution is -0.216. The molecule has 4 aliphatic heterocycles. The Kier molecular flexibility index (Phi) is 3.67. The minimum Gasteiger partial charge on any atom is -0.463 e. The summed E-state index contributed by atoms with van der Waals surface area (Å²) in [4.78, 5) is 67.5. The van der Waals surface area contributed by atoms with E-state index in [1.807, 2.05) is 0 Å². The first-order valence-corrected chi connectivity index (χ1v) is 9.57. The first kappa shape index (κ1) is 18.7. The third-order valence-corrected chi connectivity index (χ3v) is 6.34. The van der Waals surface area contributed by atoms with Gasteiger partial charge >= 0.3 is 11.9 Å². The quantitative estimate of drug-likeness (QED) is 0.365. The molecule has 5 rings (SSSR count). The zero-order valence-corrected chi connectivity index (χ0v) is 16.2. The Morgan fingerprint density at radius 1 is 1.13 bits per heavy atom. The average Bonchev–Trinajstić information content (AvgIpc) is 3.30. The van der Waals surface area contributed by atoms with Crippen molar-refractivity contribution in [3.05, 3.63) is 35.9 Å². The highest BCUT2D eigenvalue weighted by Crippen LogP contribution is 2.62. The number of hydrogen-bond acceptors (Lipinski definition) is 8. The molecule has 4 saturated heterocycles. The van der Waals surface area contributed by atoms with Crippen molar-refractivity contribution in [3.63, 3.8) is 0 Å². The fourth-order valence-corrected chi connectivity index (χ4v) is 5.08. The maximum Gasteiger partial charge on any atom is 0.361 e. The van der Waals surface area contributed by atoms with Crippen LogP contribution in [0.1, 0.15) is 18.5 Å². The van der Waals surface area contributed by atoms with Crippen LogP contribution in [-0.4, -0.2) is 71.0 Å². The SMILES string of the molecule is CCOC(=O)[C@]12O[C@@]3(C(=O)OC[C@@H](c4ccccc4)N3C1=O)[C@H]1C(=O)N(C)C(=O)[C@H]12. The predicted octanol–water partition coefficient (Wildman–Crippen LogP) is -0.614. The molecule has 30 heavy (non-hydrogen) atoms. The number of esters is 2. The topological polar surface area (TPSA) is 120 Å². The summed E-state index contributed by atoms with van der Waals surface area (Å²) in [6.45, 7) is 1.29. The van der Waals surface area contributed by atoms with Gasteiger partial charge in [0, 0.05) is 7.05 Å². The average molecular weight is 414 g/mol. The van der Waals surface area contributed by atoms with Crippen molar-refractivity contribution < 1.29 is 38.2 Å². The number of benzene rings is 1. The number of nitrogens with zero attached hydrogens (tertiary/aromatic N) is 2. The molecule has 1 aromatic rings. The molecule has 156 valence electrons. The summed E-state index contributed by atoms with van der Waals surface area (Å²) < 4.78 is 16.3. The van der Waals surface area contributed by atoms with Crippen LogP contribution in [0.15, 0.2) is 30.3 Å². The van der Waals surface area contributed by atoms with Crippen LogP contribution in [0.5, 0.6) is 0 Å². The second-order valence-electron chi connectivity index (χ2n) is 7.65. The van der Waals surface area contributed by atoms with E-state index in [0.29, 0.717) is 5.56 Å². The lowest BCUT2D eigenvalue weighted by Gasteiger charge is -2.46. The highest BCUT2D eigenvalue weighted by molar-refractivity contribution is 6.22. The van der Waals surface area contributed by atoms with Gasteiger partial charge in [-0.1, -0.05) is 30.3 Å². The Morgan fingerprint density at radius 2 is 1.80 bits per heavy atom. The fourth-order valence-electron chi connectivity index (χ4n) is 5.08. The number of morpholine rings is 1. The Balaban J connectivity index is 1.74. The second kappa shape index (κ2) is 5.88. The number of likely N-dealkylation sites (tertiary alicyclic amines) is 1. The van der Waals surface area contributed by atoms with Crippen LogP contribution in [0.25, 0.3) is 0 Å². The monoisotopic (exact) mass is 414 g/mol. The van der Waals surface area contributed by atoms with Gasteiger partial charge in [-0.25, -0.2) is 9.59 Å². The van der Waals surface area contributed by atoms with Gasteiger partial charge in [-0.15, -0.1) is 0 Å². The molecule has 0 N–H and O–H groups in total. The minimum absolute atomic E-state index is 0.0772. The van der Waals surface area contributed by atoms with Crippen molar-refractivity contribution in [1.82, 2.24) is 9.80 Å². The first-order chi connectivity index (χ1) is 14.3. The van der Waals surface area contributed by atoms with Gasteiger partial charge in [-0.3, -0.25) is 24.2 Å². The van der Waals surface area contributed by atoms with Crippen LogP contribution in [0.4, 0.5) is 0 Å². The molecule has 0 radical (unpaired) electrons. The van der Waals surface area contributed by atoms with Crippen molar-refractivity contribution in [1.29, 1.82) is 0 Å². The molecule has 0 unspecified atom stereocenters. The molecule has 0 aromatic heterocycles. The maximum absolute atomic E-state index is 13.7. The number of cyclic esters (lactones) is 1. The minimum atomic E-state index is -2.41. The molecule has 10 nitrogen and oxygen atoms in total. The Labute approximate surface area is 170 Å². The normalized spacial score (nSPS) is 36.7. The molecule has 0 aliphatic carbocycles. The summed E-state index contributed by atoms with van der Waals surface area (Å²) in [5.74, 6) is -7.29. The van der Waals surface area contributed by atoms with Crippen LogP contribution >= 0.6 is 0 Å². The first-order valence-electron chi connectivity index (χ1n) is 9.57. The van der Waals surface area contributed by atoms with Crippen molar-refractivity contribution >= 4 is 29.7 Å². The van der Waals surface area contributed by atoms with E-state index in [0.717, 1.165) is 9.80 Å². The molecule has 1 aromatic carbocycles. The standard InChI is InChI=1S/C20H18N2O8/c1-3-28-17(26)19-12-13(15(24)21(2)14(12)23)20(30-19)18(27)29-9-11(22(20)16(19)25)10-7-5-4-6-8-10/h4-8,11-13H,3,9H2,1-2H3/t11-,12-,13+,19+,20+/m0/s1. The molecule has 5 atom stereocenters. The van der Waals surface area contributed by atoms with Gasteiger partial charge in [-0.2, -0.15) is 0 Å². The summed E-state index contributed by atoms with van der Waals surface area (Å²) >= 11 is 0. The molecule has 4 fully saturated rings. The van der Waals surface area contributed by atoms with Crippen LogP contribution in [0, 0.1) is 11.8 Å². The van der Waals surface area contributed by atoms with Crippen molar-refractivity contribution in [2.45, 2.75) is 24.3 Å². The molecule has 3 amide bonds.